The SMILES string of the molecule is Cc1nnc(CN=C(NCCCN2CCOCC2)NCCOCCC(C)C)n1C.I. The highest BCUT2D eigenvalue weighted by Gasteiger charge is 2.10. The molecule has 1 aliphatic rings. The van der Waals surface area contributed by atoms with Gasteiger partial charge in [-0.15, -0.1) is 34.2 Å². The Bertz CT molecular complexity index is 604. The van der Waals surface area contributed by atoms with Gasteiger partial charge in [0.1, 0.15) is 12.4 Å². The summed E-state index contributed by atoms with van der Waals surface area (Å²) in [5.41, 5.74) is 0. The second-order valence-electron chi connectivity index (χ2n) is 7.84. The first-order valence-electron chi connectivity index (χ1n) is 10.8. The van der Waals surface area contributed by atoms with Gasteiger partial charge in [0.05, 0.1) is 19.8 Å². The number of aryl methyl sites for hydroxylation is 1. The zero-order chi connectivity index (χ0) is 20.9. The Hall–Kier alpha value is -0.980. The number of halogens is 1. The van der Waals surface area contributed by atoms with E-state index in [1.807, 2.05) is 18.5 Å². The van der Waals surface area contributed by atoms with Crippen molar-refractivity contribution in [3.05, 3.63) is 11.6 Å². The van der Waals surface area contributed by atoms with Crippen LogP contribution >= 0.6 is 24.0 Å². The molecule has 2 heterocycles. The van der Waals surface area contributed by atoms with Gasteiger partial charge >= 0.3 is 0 Å². The van der Waals surface area contributed by atoms with E-state index in [-0.39, 0.29) is 24.0 Å². The van der Waals surface area contributed by atoms with Crippen LogP contribution in [0.4, 0.5) is 0 Å². The molecule has 10 heteroatoms. The summed E-state index contributed by atoms with van der Waals surface area (Å²) < 4.78 is 13.1. The number of hydrogen-bond acceptors (Lipinski definition) is 6. The summed E-state index contributed by atoms with van der Waals surface area (Å²) in [5, 5.41) is 15.1. The molecule has 9 nitrogen and oxygen atoms in total. The zero-order valence-corrected chi connectivity index (χ0v) is 21.4. The van der Waals surface area contributed by atoms with Crippen LogP contribution in [0.15, 0.2) is 4.99 Å². The molecular weight excluding hydrogens is 497 g/mol. The number of ether oxygens (including phenoxy) is 2. The van der Waals surface area contributed by atoms with Gasteiger partial charge in [0, 0.05) is 39.8 Å². The molecule has 2 rings (SSSR count). The highest BCUT2D eigenvalue weighted by atomic mass is 127. The van der Waals surface area contributed by atoms with Crippen LogP contribution in [0.5, 0.6) is 0 Å². The Labute approximate surface area is 198 Å². The largest absolute Gasteiger partial charge is 0.380 e. The Kier molecular flexibility index (Phi) is 14.2. The third-order valence-electron chi connectivity index (χ3n) is 4.99. The summed E-state index contributed by atoms with van der Waals surface area (Å²) in [4.78, 5) is 7.13. The van der Waals surface area contributed by atoms with Crippen molar-refractivity contribution < 1.29 is 9.47 Å². The second-order valence-corrected chi connectivity index (χ2v) is 7.84. The van der Waals surface area contributed by atoms with Crippen molar-refractivity contribution in [1.82, 2.24) is 30.3 Å². The number of guanidine groups is 1. The van der Waals surface area contributed by atoms with Gasteiger partial charge in [-0.3, -0.25) is 4.90 Å². The van der Waals surface area contributed by atoms with Crippen molar-refractivity contribution >= 4 is 29.9 Å². The fraction of sp³-hybridized carbons (Fsp3) is 0.850. The first kappa shape index (κ1) is 27.1. The molecule has 30 heavy (non-hydrogen) atoms. The van der Waals surface area contributed by atoms with Crippen molar-refractivity contribution in [2.24, 2.45) is 18.0 Å². The summed E-state index contributed by atoms with van der Waals surface area (Å²) in [6, 6.07) is 0. The standard InChI is InChI=1S/C20H39N7O2.HI/c1-17(2)6-12-28-13-8-22-20(23-16-19-25-24-18(3)26(19)4)21-7-5-9-27-10-14-29-15-11-27;/h17H,5-16H2,1-4H3,(H2,21,22,23);1H. The first-order chi connectivity index (χ1) is 14.1. The number of morpholine rings is 1. The molecule has 0 aromatic carbocycles. The van der Waals surface area contributed by atoms with Crippen LogP contribution in [-0.2, 0) is 23.1 Å². The maximum Gasteiger partial charge on any atom is 0.191 e. The van der Waals surface area contributed by atoms with Gasteiger partial charge in [0.2, 0.25) is 0 Å². The highest BCUT2D eigenvalue weighted by Crippen LogP contribution is 2.00. The van der Waals surface area contributed by atoms with Crippen LogP contribution in [0.1, 0.15) is 38.3 Å². The van der Waals surface area contributed by atoms with Crippen LogP contribution in [-0.4, -0.2) is 84.8 Å². The monoisotopic (exact) mass is 537 g/mol. The maximum atomic E-state index is 5.69. The summed E-state index contributed by atoms with van der Waals surface area (Å²) in [6.45, 7) is 14.7. The minimum Gasteiger partial charge on any atom is -0.380 e. The molecule has 1 fully saturated rings. The second kappa shape index (κ2) is 15.8. The molecule has 0 aliphatic carbocycles. The zero-order valence-electron chi connectivity index (χ0n) is 19.0. The molecule has 2 N–H and O–H groups in total. The van der Waals surface area contributed by atoms with E-state index in [9.17, 15) is 0 Å². The average molecular weight is 537 g/mol. The van der Waals surface area contributed by atoms with E-state index >= 15 is 0 Å². The molecule has 174 valence electrons. The normalized spacial score (nSPS) is 15.3. The highest BCUT2D eigenvalue weighted by molar-refractivity contribution is 14.0. The molecule has 1 aromatic rings. The van der Waals surface area contributed by atoms with Crippen molar-refractivity contribution in [2.75, 3.05) is 59.2 Å². The Balaban J connectivity index is 0.00000450. The molecule has 0 saturated carbocycles. The third kappa shape index (κ3) is 10.9. The first-order valence-corrected chi connectivity index (χ1v) is 10.8. The van der Waals surface area contributed by atoms with Gasteiger partial charge in [-0.05, 0) is 32.2 Å². The number of hydrogen-bond donors (Lipinski definition) is 2. The number of aliphatic imine (C=N–C) groups is 1. The van der Waals surface area contributed by atoms with E-state index in [1.54, 1.807) is 0 Å². The molecule has 0 amide bonds. The quantitative estimate of drug-likeness (QED) is 0.181. The molecule has 1 saturated heterocycles. The maximum absolute atomic E-state index is 5.69. The molecule has 1 aliphatic heterocycles. The molecule has 0 unspecified atom stereocenters. The minimum atomic E-state index is 0. The molecule has 0 bridgehead atoms. The van der Waals surface area contributed by atoms with Crippen molar-refractivity contribution in [1.29, 1.82) is 0 Å². The van der Waals surface area contributed by atoms with E-state index in [0.717, 1.165) is 83.0 Å². The van der Waals surface area contributed by atoms with Gasteiger partial charge < -0.3 is 24.7 Å². The van der Waals surface area contributed by atoms with Gasteiger partial charge in [0.25, 0.3) is 0 Å². The Morgan fingerprint density at radius 3 is 2.57 bits per heavy atom. The fourth-order valence-corrected chi connectivity index (χ4v) is 2.91. The molecule has 0 spiro atoms. The van der Waals surface area contributed by atoms with E-state index in [4.69, 9.17) is 9.47 Å². The van der Waals surface area contributed by atoms with Crippen LogP contribution < -0.4 is 10.6 Å². The molecule has 0 radical (unpaired) electrons. The lowest BCUT2D eigenvalue weighted by molar-refractivity contribution is 0.0376. The van der Waals surface area contributed by atoms with Crippen molar-refractivity contribution in [3.8, 4) is 0 Å². The van der Waals surface area contributed by atoms with Crippen LogP contribution in [0.2, 0.25) is 0 Å². The van der Waals surface area contributed by atoms with E-state index < -0.39 is 0 Å². The third-order valence-corrected chi connectivity index (χ3v) is 4.99. The summed E-state index contributed by atoms with van der Waals surface area (Å²) in [6.07, 6.45) is 2.15. The van der Waals surface area contributed by atoms with Crippen LogP contribution in [0.3, 0.4) is 0 Å². The predicted octanol–water partition coefficient (Wildman–Crippen LogP) is 1.56. The van der Waals surface area contributed by atoms with Gasteiger partial charge in [-0.1, -0.05) is 13.8 Å². The number of rotatable bonds is 12. The fourth-order valence-electron chi connectivity index (χ4n) is 2.91. The Morgan fingerprint density at radius 2 is 1.90 bits per heavy atom. The lowest BCUT2D eigenvalue weighted by atomic mass is 10.1. The number of nitrogens with zero attached hydrogens (tertiary/aromatic N) is 5. The number of aromatic nitrogens is 3. The predicted molar refractivity (Wildman–Crippen MR) is 130 cm³/mol. The summed E-state index contributed by atoms with van der Waals surface area (Å²) in [5.74, 6) is 3.20. The minimum absolute atomic E-state index is 0. The van der Waals surface area contributed by atoms with E-state index in [1.165, 1.54) is 0 Å². The average Bonchev–Trinajstić information content (AvgIpc) is 3.03. The van der Waals surface area contributed by atoms with Gasteiger partial charge in [-0.2, -0.15) is 0 Å². The molecule has 0 atom stereocenters. The summed E-state index contributed by atoms with van der Waals surface area (Å²) in [7, 11) is 1.96. The number of nitrogens with one attached hydrogen (secondary N) is 2. The van der Waals surface area contributed by atoms with E-state index in [2.05, 4.69) is 44.6 Å². The van der Waals surface area contributed by atoms with Crippen LogP contribution in [0.25, 0.3) is 0 Å². The smallest absolute Gasteiger partial charge is 0.191 e. The summed E-state index contributed by atoms with van der Waals surface area (Å²) >= 11 is 0. The molecule has 1 aromatic heterocycles. The van der Waals surface area contributed by atoms with Crippen molar-refractivity contribution in [3.63, 3.8) is 0 Å². The topological polar surface area (TPSA) is 88.8 Å². The van der Waals surface area contributed by atoms with E-state index in [0.29, 0.717) is 19.1 Å². The van der Waals surface area contributed by atoms with Gasteiger partial charge in [0.15, 0.2) is 11.8 Å². The Morgan fingerprint density at radius 1 is 1.17 bits per heavy atom. The lowest BCUT2D eigenvalue weighted by Crippen LogP contribution is -2.41. The van der Waals surface area contributed by atoms with Crippen LogP contribution in [0, 0.1) is 12.8 Å². The lowest BCUT2D eigenvalue weighted by Gasteiger charge is -2.26. The van der Waals surface area contributed by atoms with Crippen molar-refractivity contribution in [2.45, 2.75) is 40.2 Å². The molecular formula is C20H40IN7O2. The van der Waals surface area contributed by atoms with Gasteiger partial charge in [-0.25, -0.2) is 4.99 Å².